The zero-order valence-electron chi connectivity index (χ0n) is 23.9. The third kappa shape index (κ3) is 8.50. The number of aromatic nitrogens is 3. The number of hydrogen-bond acceptors (Lipinski definition) is 18. The highest BCUT2D eigenvalue weighted by atomic mass is 32.2. The molecule has 8 N–H and O–H groups in total. The molecule has 0 saturated carbocycles. The Balaban J connectivity index is 1.62. The first-order chi connectivity index (χ1) is 23.3. The first-order valence-corrected chi connectivity index (χ1v) is 16.1. The predicted octanol–water partition coefficient (Wildman–Crippen LogP) is 5.23. The van der Waals surface area contributed by atoms with Crippen LogP contribution in [0.1, 0.15) is 10.4 Å². The van der Waals surface area contributed by atoms with Gasteiger partial charge >= 0.3 is 23.3 Å². The van der Waals surface area contributed by atoms with Crippen molar-refractivity contribution in [3.63, 3.8) is 0 Å². The Morgan fingerprint density at radius 1 is 0.918 bits per heavy atom. The SMILES string of the molecule is O=C(O)c1ccccc1Nc1nc(O)nc(Nc2cc(S(=O)(=O)O)cc3cc(OS(=O)O)c(N=Nc4ccc(SOOO)cc4)c(O)c23)n1. The minimum atomic E-state index is -4.91. The number of carbonyl (C=O) groups is 1. The van der Waals surface area contributed by atoms with Gasteiger partial charge in [0.2, 0.25) is 11.9 Å². The number of benzene rings is 4. The number of phenolic OH excluding ortho intramolecular Hbond substituents is 1. The smallest absolute Gasteiger partial charge is 0.357 e. The van der Waals surface area contributed by atoms with Gasteiger partial charge < -0.3 is 30.1 Å². The van der Waals surface area contributed by atoms with Crippen LogP contribution in [0.5, 0.6) is 17.5 Å². The Kier molecular flexibility index (Phi) is 10.4. The molecule has 0 saturated heterocycles. The number of aromatic carboxylic acids is 1. The summed E-state index contributed by atoms with van der Waals surface area (Å²) in [5.74, 6) is -3.37. The highest BCUT2D eigenvalue weighted by Crippen LogP contribution is 2.47. The second-order valence-electron chi connectivity index (χ2n) is 9.22. The molecule has 0 aliphatic heterocycles. The number of carboxylic acid groups (broad SMARTS) is 1. The predicted molar refractivity (Wildman–Crippen MR) is 170 cm³/mol. The summed E-state index contributed by atoms with van der Waals surface area (Å²) in [4.78, 5) is 22.9. The summed E-state index contributed by atoms with van der Waals surface area (Å²) >= 11 is -2.29. The fourth-order valence-electron chi connectivity index (χ4n) is 4.17. The topological polar surface area (TPSA) is 305 Å². The van der Waals surface area contributed by atoms with E-state index in [0.717, 1.165) is 18.2 Å². The standard InChI is InChI=1S/C26H19N7O13S3/c34-22-20-12(10-19(44-48(39)40)21(22)33-32-13-5-7-14(8-6-13)47-46-45-38)9-15(49(41,42)43)11-18(20)28-25-29-24(30-26(37)31-25)27-17-4-2-1-3-16(17)23(35)36/h1-11,34,38H,(H,35,36)(H,39,40)(H,41,42,43)(H3,27,28,29,30,31,37). The molecule has 4 aromatic carbocycles. The van der Waals surface area contributed by atoms with Crippen molar-refractivity contribution in [2.45, 2.75) is 9.79 Å². The lowest BCUT2D eigenvalue weighted by atomic mass is 10.1. The maximum atomic E-state index is 12.2. The van der Waals surface area contributed by atoms with E-state index in [-0.39, 0.29) is 39.3 Å². The Morgan fingerprint density at radius 3 is 2.22 bits per heavy atom. The van der Waals surface area contributed by atoms with Gasteiger partial charge in [0, 0.05) is 10.3 Å². The van der Waals surface area contributed by atoms with Crippen molar-refractivity contribution in [1.29, 1.82) is 0 Å². The Labute approximate surface area is 280 Å². The number of nitrogens with one attached hydrogen (secondary N) is 2. The van der Waals surface area contributed by atoms with Gasteiger partial charge in [-0.15, -0.1) is 9.45 Å². The van der Waals surface area contributed by atoms with Crippen molar-refractivity contribution in [1.82, 2.24) is 15.0 Å². The van der Waals surface area contributed by atoms with E-state index in [4.69, 9.17) is 9.44 Å². The number of para-hydroxylation sites is 1. The number of anilines is 4. The van der Waals surface area contributed by atoms with Crippen molar-refractivity contribution in [2.24, 2.45) is 10.2 Å². The monoisotopic (exact) mass is 733 g/mol. The summed E-state index contributed by atoms with van der Waals surface area (Å²) in [5, 5.41) is 55.7. The highest BCUT2D eigenvalue weighted by Gasteiger charge is 2.23. The lowest BCUT2D eigenvalue weighted by Gasteiger charge is -2.15. The van der Waals surface area contributed by atoms with Gasteiger partial charge in [0.15, 0.2) is 17.2 Å². The zero-order chi connectivity index (χ0) is 35.3. The number of hydrogen-bond donors (Lipinski definition) is 8. The summed E-state index contributed by atoms with van der Waals surface area (Å²) in [6, 6.07) is 13.6. The maximum Gasteiger partial charge on any atom is 0.357 e. The largest absolute Gasteiger partial charge is 0.505 e. The highest BCUT2D eigenvalue weighted by molar-refractivity contribution is 7.94. The van der Waals surface area contributed by atoms with Crippen LogP contribution < -0.4 is 14.8 Å². The molecule has 49 heavy (non-hydrogen) atoms. The van der Waals surface area contributed by atoms with Gasteiger partial charge in [0.1, 0.15) is 0 Å². The van der Waals surface area contributed by atoms with Gasteiger partial charge in [0.05, 0.1) is 39.6 Å². The molecule has 5 rings (SSSR count). The Morgan fingerprint density at radius 2 is 1.59 bits per heavy atom. The molecule has 0 aliphatic rings. The number of aromatic hydroxyl groups is 2. The van der Waals surface area contributed by atoms with E-state index < -0.39 is 61.5 Å². The summed E-state index contributed by atoms with van der Waals surface area (Å²) in [6.07, 6.45) is 0. The van der Waals surface area contributed by atoms with Crippen LogP contribution >= 0.6 is 12.0 Å². The van der Waals surface area contributed by atoms with Crippen LogP contribution in [0, 0.1) is 0 Å². The number of azo groups is 1. The number of nitrogens with zero attached hydrogens (tertiary/aromatic N) is 5. The Bertz CT molecular complexity index is 2220. The van der Waals surface area contributed by atoms with Crippen molar-refractivity contribution in [3.8, 4) is 17.5 Å². The average molecular weight is 734 g/mol. The van der Waals surface area contributed by atoms with Gasteiger partial charge in [-0.3, -0.25) is 9.11 Å². The second kappa shape index (κ2) is 14.7. The van der Waals surface area contributed by atoms with Crippen molar-refractivity contribution in [3.05, 3.63) is 72.3 Å². The summed E-state index contributed by atoms with van der Waals surface area (Å²) in [7, 11) is -4.91. The van der Waals surface area contributed by atoms with Crippen molar-refractivity contribution >= 4 is 84.9 Å². The summed E-state index contributed by atoms with van der Waals surface area (Å²) in [6.45, 7) is 0. The molecule has 0 spiro atoms. The third-order valence-electron chi connectivity index (χ3n) is 6.12. The first-order valence-electron chi connectivity index (χ1n) is 12.9. The van der Waals surface area contributed by atoms with Crippen LogP contribution in [0.15, 0.2) is 86.7 Å². The lowest BCUT2D eigenvalue weighted by Crippen LogP contribution is -2.07. The van der Waals surface area contributed by atoms with Crippen molar-refractivity contribution < 1.29 is 60.7 Å². The van der Waals surface area contributed by atoms with Crippen LogP contribution in [-0.2, 0) is 30.9 Å². The van der Waals surface area contributed by atoms with E-state index >= 15 is 0 Å². The molecule has 0 amide bonds. The van der Waals surface area contributed by atoms with Gasteiger partial charge in [-0.05, 0) is 60.0 Å². The first kappa shape index (κ1) is 34.8. The Hall–Kier alpha value is -5.53. The van der Waals surface area contributed by atoms with Crippen LogP contribution in [0.4, 0.5) is 34.6 Å². The van der Waals surface area contributed by atoms with Gasteiger partial charge in [-0.1, -0.05) is 17.2 Å². The molecule has 0 fully saturated rings. The molecule has 0 aliphatic carbocycles. The molecule has 1 heterocycles. The molecular formula is C26H19N7O13S3. The molecule has 254 valence electrons. The van der Waals surface area contributed by atoms with E-state index in [1.54, 1.807) is 0 Å². The minimum Gasteiger partial charge on any atom is -0.505 e. The summed E-state index contributed by atoms with van der Waals surface area (Å²) in [5.41, 5.74) is -0.704. The van der Waals surface area contributed by atoms with Crippen molar-refractivity contribution in [2.75, 3.05) is 10.6 Å². The molecule has 1 unspecified atom stereocenters. The van der Waals surface area contributed by atoms with E-state index in [1.165, 1.54) is 48.5 Å². The quantitative estimate of drug-likeness (QED) is 0.0192. The number of phenols is 1. The lowest BCUT2D eigenvalue weighted by molar-refractivity contribution is -0.432. The normalized spacial score (nSPS) is 12.2. The number of fused-ring (bicyclic) bond motifs is 1. The molecular weight excluding hydrogens is 715 g/mol. The van der Waals surface area contributed by atoms with E-state index in [2.05, 4.69) is 45.2 Å². The van der Waals surface area contributed by atoms with Crippen LogP contribution in [-0.4, -0.2) is 63.2 Å². The zero-order valence-corrected chi connectivity index (χ0v) is 26.3. The molecule has 5 aromatic rings. The average Bonchev–Trinajstić information content (AvgIpc) is 3.03. The molecule has 20 nitrogen and oxygen atoms in total. The van der Waals surface area contributed by atoms with E-state index in [1.807, 2.05) is 0 Å². The second-order valence-corrected chi connectivity index (χ2v) is 12.0. The fourth-order valence-corrected chi connectivity index (χ4v) is 5.35. The van der Waals surface area contributed by atoms with Gasteiger partial charge in [-0.2, -0.15) is 32.7 Å². The molecule has 23 heteroatoms. The molecule has 1 aromatic heterocycles. The molecule has 0 radical (unpaired) electrons. The summed E-state index contributed by atoms with van der Waals surface area (Å²) < 4.78 is 64.5. The van der Waals surface area contributed by atoms with E-state index in [9.17, 15) is 41.8 Å². The minimum absolute atomic E-state index is 0.0488. The third-order valence-corrected chi connectivity index (χ3v) is 7.87. The van der Waals surface area contributed by atoms with Gasteiger partial charge in [-0.25, -0.2) is 10.1 Å². The van der Waals surface area contributed by atoms with Gasteiger partial charge in [0.25, 0.3) is 10.1 Å². The van der Waals surface area contributed by atoms with Crippen LogP contribution in [0.2, 0.25) is 0 Å². The number of rotatable bonds is 13. The molecule has 0 bridgehead atoms. The number of carboxylic acids is 1. The van der Waals surface area contributed by atoms with E-state index in [0.29, 0.717) is 16.9 Å². The van der Waals surface area contributed by atoms with Crippen LogP contribution in [0.3, 0.4) is 0 Å². The molecule has 1 atom stereocenters. The fraction of sp³-hybridized carbons (Fsp3) is 0. The van der Waals surface area contributed by atoms with Crippen LogP contribution in [0.25, 0.3) is 10.8 Å². The maximum absolute atomic E-state index is 12.2.